The molecule has 0 heterocycles. The molecular weight excluding hydrogens is 373 g/mol. The Morgan fingerprint density at radius 1 is 1.10 bits per heavy atom. The van der Waals surface area contributed by atoms with Crippen LogP contribution in [0.4, 0.5) is 13.2 Å². The molecule has 0 unspecified atom stereocenters. The summed E-state index contributed by atoms with van der Waals surface area (Å²) in [5.41, 5.74) is 1.21. The third kappa shape index (κ3) is 7.60. The minimum Gasteiger partial charge on any atom is -0.350 e. The number of amidine groups is 1. The Bertz CT molecular complexity index is 853. The van der Waals surface area contributed by atoms with Crippen LogP contribution in [0.1, 0.15) is 44.2 Å². The van der Waals surface area contributed by atoms with Crippen molar-refractivity contribution in [1.82, 2.24) is 5.32 Å². The predicted molar refractivity (Wildman–Crippen MR) is 116 cm³/mol. The van der Waals surface area contributed by atoms with Gasteiger partial charge >= 0.3 is 6.18 Å². The largest absolute Gasteiger partial charge is 0.416 e. The molecule has 154 valence electrons. The minimum atomic E-state index is -4.38. The zero-order valence-corrected chi connectivity index (χ0v) is 16.8. The fraction of sp³-hybridized carbons (Fsp3) is 0.292. The van der Waals surface area contributed by atoms with Crippen LogP contribution in [0.15, 0.2) is 83.6 Å². The lowest BCUT2D eigenvalue weighted by molar-refractivity contribution is -0.137. The second-order valence-corrected chi connectivity index (χ2v) is 6.68. The molecule has 1 aromatic carbocycles. The van der Waals surface area contributed by atoms with Gasteiger partial charge in [-0.05, 0) is 42.5 Å². The van der Waals surface area contributed by atoms with E-state index in [4.69, 9.17) is 0 Å². The topological polar surface area (TPSA) is 24.4 Å². The number of benzene rings is 1. The first-order valence-corrected chi connectivity index (χ1v) is 9.71. The van der Waals surface area contributed by atoms with E-state index in [1.165, 1.54) is 17.7 Å². The average molecular weight is 400 g/mol. The third-order valence-corrected chi connectivity index (χ3v) is 4.42. The second kappa shape index (κ2) is 11.2. The minimum absolute atomic E-state index is 0.168. The van der Waals surface area contributed by atoms with Crippen molar-refractivity contribution in [1.29, 1.82) is 0 Å². The van der Waals surface area contributed by atoms with Gasteiger partial charge in [0, 0.05) is 12.6 Å². The second-order valence-electron chi connectivity index (χ2n) is 6.68. The van der Waals surface area contributed by atoms with Gasteiger partial charge in [-0.15, -0.1) is 0 Å². The lowest BCUT2D eigenvalue weighted by Gasteiger charge is -2.13. The van der Waals surface area contributed by atoms with Crippen LogP contribution in [0.3, 0.4) is 0 Å². The molecule has 1 aliphatic rings. The normalized spacial score (nSPS) is 21.1. The molecule has 0 fully saturated rings. The zero-order chi connectivity index (χ0) is 21.1. The molecule has 0 spiro atoms. The lowest BCUT2D eigenvalue weighted by Crippen LogP contribution is -2.18. The van der Waals surface area contributed by atoms with Gasteiger partial charge < -0.3 is 5.32 Å². The first-order chi connectivity index (χ1) is 13.9. The molecule has 1 N–H and O–H groups in total. The van der Waals surface area contributed by atoms with Crippen LogP contribution in [0, 0.1) is 0 Å². The van der Waals surface area contributed by atoms with E-state index < -0.39 is 11.7 Å². The molecule has 2 nitrogen and oxygen atoms in total. The van der Waals surface area contributed by atoms with E-state index in [-0.39, 0.29) is 5.56 Å². The van der Waals surface area contributed by atoms with Crippen molar-refractivity contribution in [2.24, 2.45) is 4.99 Å². The van der Waals surface area contributed by atoms with Crippen molar-refractivity contribution in [2.45, 2.75) is 39.3 Å². The van der Waals surface area contributed by atoms with Gasteiger partial charge in [0.15, 0.2) is 0 Å². The molecule has 1 aromatic rings. The van der Waals surface area contributed by atoms with E-state index in [0.717, 1.165) is 24.7 Å². The summed E-state index contributed by atoms with van der Waals surface area (Å²) in [5.74, 6) is 0.736. The molecule has 0 saturated carbocycles. The quantitative estimate of drug-likeness (QED) is 0.424. The Kier molecular flexibility index (Phi) is 8.71. The van der Waals surface area contributed by atoms with Crippen molar-refractivity contribution in [3.05, 3.63) is 89.7 Å². The summed E-state index contributed by atoms with van der Waals surface area (Å²) in [7, 11) is 0. The Labute approximate surface area is 170 Å². The van der Waals surface area contributed by atoms with Gasteiger partial charge in [-0.2, -0.15) is 13.2 Å². The average Bonchev–Trinajstić information content (AvgIpc) is 2.71. The fourth-order valence-electron chi connectivity index (χ4n) is 2.80. The van der Waals surface area contributed by atoms with E-state index in [1.807, 2.05) is 25.2 Å². The summed E-state index contributed by atoms with van der Waals surface area (Å²) in [4.78, 5) is 4.61. The number of nitrogens with one attached hydrogen (secondary N) is 1. The highest BCUT2D eigenvalue weighted by molar-refractivity contribution is 5.84. The van der Waals surface area contributed by atoms with Crippen molar-refractivity contribution >= 4 is 11.4 Å². The standard InChI is InChI=1S/C24H27F3N2/c1-3-23(29-18-20-13-9-7-5-4-6-8-10-14-20)28-17-19(2)21-15-11-12-16-22(21)24(25,26)27/h4-5,7-12,14-17H,3,6,13,18H2,1-2H3,(H,28,29)/b5-4-,9-7-,10-8-,19-17+,20-14+. The van der Waals surface area contributed by atoms with Crippen LogP contribution < -0.4 is 5.32 Å². The maximum absolute atomic E-state index is 13.2. The molecule has 0 aliphatic heterocycles. The molecule has 0 amide bonds. The summed E-state index contributed by atoms with van der Waals surface area (Å²) >= 11 is 0. The fourth-order valence-corrected chi connectivity index (χ4v) is 2.80. The molecule has 0 atom stereocenters. The highest BCUT2D eigenvalue weighted by atomic mass is 19.4. The summed E-state index contributed by atoms with van der Waals surface area (Å²) in [6.07, 6.45) is 14.0. The van der Waals surface area contributed by atoms with Gasteiger partial charge in [-0.3, -0.25) is 4.99 Å². The molecule has 0 radical (unpaired) electrons. The monoisotopic (exact) mass is 400 g/mol. The van der Waals surface area contributed by atoms with E-state index >= 15 is 0 Å². The molecular formula is C24H27F3N2. The maximum atomic E-state index is 13.2. The number of aliphatic imine (C=N–C) groups is 1. The molecule has 0 aromatic heterocycles. The van der Waals surface area contributed by atoms with E-state index in [1.54, 1.807) is 19.2 Å². The highest BCUT2D eigenvalue weighted by Gasteiger charge is 2.33. The van der Waals surface area contributed by atoms with Crippen LogP contribution in [0.2, 0.25) is 0 Å². The van der Waals surface area contributed by atoms with Crippen molar-refractivity contribution in [2.75, 3.05) is 6.54 Å². The molecule has 0 bridgehead atoms. The van der Waals surface area contributed by atoms with Gasteiger partial charge in [-0.25, -0.2) is 0 Å². The van der Waals surface area contributed by atoms with E-state index in [9.17, 15) is 13.2 Å². The number of hydrogen-bond acceptors (Lipinski definition) is 1. The van der Waals surface area contributed by atoms with Gasteiger partial charge in [0.1, 0.15) is 5.84 Å². The van der Waals surface area contributed by atoms with Crippen LogP contribution in [-0.2, 0) is 6.18 Å². The van der Waals surface area contributed by atoms with E-state index in [2.05, 4.69) is 34.6 Å². The van der Waals surface area contributed by atoms with Crippen LogP contribution in [-0.4, -0.2) is 12.4 Å². The lowest BCUT2D eigenvalue weighted by atomic mass is 10.0. The molecule has 1 aliphatic carbocycles. The van der Waals surface area contributed by atoms with Gasteiger partial charge in [0.05, 0.1) is 12.1 Å². The number of halogens is 3. The highest BCUT2D eigenvalue weighted by Crippen LogP contribution is 2.34. The third-order valence-electron chi connectivity index (χ3n) is 4.42. The Morgan fingerprint density at radius 2 is 1.83 bits per heavy atom. The number of nitrogens with zero attached hydrogens (tertiary/aromatic N) is 1. The Hall–Kier alpha value is -2.82. The van der Waals surface area contributed by atoms with Gasteiger partial charge in [0.25, 0.3) is 0 Å². The van der Waals surface area contributed by atoms with Crippen LogP contribution in [0.5, 0.6) is 0 Å². The number of allylic oxidation sites excluding steroid dienone is 8. The summed E-state index contributed by atoms with van der Waals surface area (Å²) in [6.45, 7) is 4.17. The number of hydrogen-bond donors (Lipinski definition) is 1. The zero-order valence-electron chi connectivity index (χ0n) is 16.8. The van der Waals surface area contributed by atoms with Crippen molar-refractivity contribution in [3.63, 3.8) is 0 Å². The molecule has 2 rings (SSSR count). The molecule has 0 saturated heterocycles. The first kappa shape index (κ1) is 22.5. The Balaban J connectivity index is 2.11. The summed E-state index contributed by atoms with van der Waals surface area (Å²) < 4.78 is 39.7. The number of alkyl halides is 3. The van der Waals surface area contributed by atoms with E-state index in [0.29, 0.717) is 18.5 Å². The van der Waals surface area contributed by atoms with Crippen molar-refractivity contribution in [3.8, 4) is 0 Å². The molecule has 29 heavy (non-hydrogen) atoms. The van der Waals surface area contributed by atoms with Crippen LogP contribution in [0.25, 0.3) is 5.57 Å². The van der Waals surface area contributed by atoms with Crippen molar-refractivity contribution < 1.29 is 13.2 Å². The Morgan fingerprint density at radius 3 is 2.59 bits per heavy atom. The smallest absolute Gasteiger partial charge is 0.350 e. The van der Waals surface area contributed by atoms with Gasteiger partial charge in [-0.1, -0.05) is 67.7 Å². The maximum Gasteiger partial charge on any atom is 0.416 e. The first-order valence-electron chi connectivity index (χ1n) is 9.71. The van der Waals surface area contributed by atoms with Gasteiger partial charge in [0.2, 0.25) is 0 Å². The summed E-state index contributed by atoms with van der Waals surface area (Å²) in [6, 6.07) is 5.59. The van der Waals surface area contributed by atoms with Crippen LogP contribution >= 0.6 is 0 Å². The molecule has 5 heteroatoms. The number of rotatable bonds is 5. The SMILES string of the molecule is CCC(=NC/C1=C/C=C\C/C=C\C=C/C1)N/C=C(\C)c1ccccc1C(F)(F)F. The summed E-state index contributed by atoms with van der Waals surface area (Å²) in [5, 5.41) is 3.08. The predicted octanol–water partition coefficient (Wildman–Crippen LogP) is 6.85.